The molecule has 3 heteroatoms. The molecule has 3 nitrogen and oxygen atoms in total. The van der Waals surface area contributed by atoms with E-state index in [-0.39, 0.29) is 0 Å². The van der Waals surface area contributed by atoms with Gasteiger partial charge in [-0.05, 0) is 48.2 Å². The van der Waals surface area contributed by atoms with Crippen molar-refractivity contribution >= 4 is 23.8 Å². The summed E-state index contributed by atoms with van der Waals surface area (Å²) in [6, 6.07) is 22.3. The fourth-order valence-electron chi connectivity index (χ4n) is 2.76. The average molecular weight is 341 g/mol. The Morgan fingerprint density at radius 1 is 0.654 bits per heavy atom. The zero-order valence-corrected chi connectivity index (χ0v) is 15.3. The average Bonchev–Trinajstić information content (AvgIpc) is 2.71. The molecule has 0 bridgehead atoms. The summed E-state index contributed by atoms with van der Waals surface area (Å²) in [5, 5.41) is 0. The second-order valence-electron chi connectivity index (χ2n) is 5.97. The van der Waals surface area contributed by atoms with Crippen LogP contribution in [0.1, 0.15) is 36.4 Å². The van der Waals surface area contributed by atoms with Gasteiger partial charge < -0.3 is 0 Å². The number of hydrogen-bond donors (Lipinski definition) is 0. The molecule has 1 aromatic heterocycles. The topological polar surface area (TPSA) is 37.6 Å². The Balaban J connectivity index is 1.80. The molecule has 0 atom stereocenters. The van der Waals surface area contributed by atoms with Crippen molar-refractivity contribution in [2.24, 2.45) is 9.98 Å². The Labute approximate surface area is 155 Å². The number of aryl methyl sites for hydroxylation is 2. The van der Waals surface area contributed by atoms with Gasteiger partial charge >= 0.3 is 0 Å². The molecule has 0 saturated carbocycles. The fraction of sp³-hybridized carbons (Fsp3) is 0.174. The third-order valence-corrected chi connectivity index (χ3v) is 4.21. The second-order valence-corrected chi connectivity index (χ2v) is 5.97. The molecule has 3 aromatic rings. The Hall–Kier alpha value is -3.07. The lowest BCUT2D eigenvalue weighted by molar-refractivity contribution is 1.13. The quantitative estimate of drug-likeness (QED) is 0.529. The SMILES string of the molecule is CCc1ccccc1/N=C/c1cccc(/C=N/c2ccccc2CC)n1. The van der Waals surface area contributed by atoms with Crippen molar-refractivity contribution in [2.75, 3.05) is 0 Å². The highest BCUT2D eigenvalue weighted by Crippen LogP contribution is 2.20. The number of aliphatic imine (C=N–C) groups is 2. The first-order valence-corrected chi connectivity index (χ1v) is 9.01. The van der Waals surface area contributed by atoms with Crippen LogP contribution in [-0.2, 0) is 12.8 Å². The fourth-order valence-corrected chi connectivity index (χ4v) is 2.76. The van der Waals surface area contributed by atoms with Crippen LogP contribution in [0.5, 0.6) is 0 Å². The van der Waals surface area contributed by atoms with Crippen molar-refractivity contribution in [3.05, 3.63) is 89.2 Å². The van der Waals surface area contributed by atoms with Crippen LogP contribution in [0.25, 0.3) is 0 Å². The van der Waals surface area contributed by atoms with Gasteiger partial charge in [0.2, 0.25) is 0 Å². The van der Waals surface area contributed by atoms with E-state index < -0.39 is 0 Å². The zero-order valence-electron chi connectivity index (χ0n) is 15.3. The summed E-state index contributed by atoms with van der Waals surface area (Å²) in [6.45, 7) is 4.27. The van der Waals surface area contributed by atoms with Gasteiger partial charge in [-0.3, -0.25) is 9.98 Å². The Morgan fingerprint density at radius 3 is 1.58 bits per heavy atom. The molecule has 0 fully saturated rings. The number of para-hydroxylation sites is 2. The van der Waals surface area contributed by atoms with E-state index in [9.17, 15) is 0 Å². The molecule has 0 aliphatic rings. The maximum atomic E-state index is 4.62. The highest BCUT2D eigenvalue weighted by molar-refractivity contribution is 5.84. The molecule has 0 spiro atoms. The van der Waals surface area contributed by atoms with Gasteiger partial charge in [0.05, 0.1) is 35.2 Å². The Morgan fingerprint density at radius 2 is 1.12 bits per heavy atom. The summed E-state index contributed by atoms with van der Waals surface area (Å²) < 4.78 is 0. The smallest absolute Gasteiger partial charge is 0.0820 e. The maximum absolute atomic E-state index is 4.62. The number of nitrogens with zero attached hydrogens (tertiary/aromatic N) is 3. The Bertz CT molecular complexity index is 853. The molecule has 0 radical (unpaired) electrons. The van der Waals surface area contributed by atoms with E-state index >= 15 is 0 Å². The lowest BCUT2D eigenvalue weighted by atomic mass is 10.1. The predicted molar refractivity (Wildman–Crippen MR) is 110 cm³/mol. The number of hydrogen-bond acceptors (Lipinski definition) is 3. The summed E-state index contributed by atoms with van der Waals surface area (Å²) in [6.07, 6.45) is 5.55. The zero-order chi connectivity index (χ0) is 18.2. The lowest BCUT2D eigenvalue weighted by Gasteiger charge is -2.02. The van der Waals surface area contributed by atoms with Crippen LogP contribution in [0.2, 0.25) is 0 Å². The summed E-state index contributed by atoms with van der Waals surface area (Å²) in [4.78, 5) is 13.8. The van der Waals surface area contributed by atoms with Crippen molar-refractivity contribution in [3.8, 4) is 0 Å². The lowest BCUT2D eigenvalue weighted by Crippen LogP contribution is -1.93. The number of benzene rings is 2. The van der Waals surface area contributed by atoms with Gasteiger partial charge in [0.25, 0.3) is 0 Å². The van der Waals surface area contributed by atoms with Gasteiger partial charge in [-0.1, -0.05) is 56.3 Å². The van der Waals surface area contributed by atoms with Crippen molar-refractivity contribution in [1.29, 1.82) is 0 Å². The monoisotopic (exact) mass is 341 g/mol. The van der Waals surface area contributed by atoms with Gasteiger partial charge in [0, 0.05) is 0 Å². The molecule has 2 aromatic carbocycles. The molecular formula is C23H23N3. The maximum Gasteiger partial charge on any atom is 0.0820 e. The highest BCUT2D eigenvalue weighted by Gasteiger charge is 1.99. The summed E-state index contributed by atoms with van der Waals surface area (Å²) >= 11 is 0. The van der Waals surface area contributed by atoms with E-state index in [2.05, 4.69) is 40.9 Å². The summed E-state index contributed by atoms with van der Waals surface area (Å²) in [7, 11) is 0. The molecule has 3 rings (SSSR count). The van der Waals surface area contributed by atoms with Crippen LogP contribution >= 0.6 is 0 Å². The molecule has 1 heterocycles. The van der Waals surface area contributed by atoms with E-state index in [0.717, 1.165) is 35.6 Å². The first-order chi connectivity index (χ1) is 12.8. The standard InChI is InChI=1S/C23H23N3/c1-3-18-10-5-7-14-22(18)24-16-20-12-9-13-21(26-20)17-25-23-15-8-6-11-19(23)4-2/h5-17H,3-4H2,1-2H3/b24-16+,25-17+. The molecule has 26 heavy (non-hydrogen) atoms. The minimum Gasteiger partial charge on any atom is -0.254 e. The molecular weight excluding hydrogens is 318 g/mol. The summed E-state index contributed by atoms with van der Waals surface area (Å²) in [5.74, 6) is 0. The van der Waals surface area contributed by atoms with E-state index in [0.29, 0.717) is 0 Å². The van der Waals surface area contributed by atoms with Crippen LogP contribution in [0, 0.1) is 0 Å². The van der Waals surface area contributed by atoms with Crippen molar-refractivity contribution in [2.45, 2.75) is 26.7 Å². The number of aromatic nitrogens is 1. The molecule has 0 amide bonds. The van der Waals surface area contributed by atoms with Crippen LogP contribution < -0.4 is 0 Å². The first kappa shape index (κ1) is 17.7. The molecule has 0 aliphatic heterocycles. The van der Waals surface area contributed by atoms with Crippen LogP contribution in [0.15, 0.2) is 76.7 Å². The van der Waals surface area contributed by atoms with Gasteiger partial charge in [-0.15, -0.1) is 0 Å². The van der Waals surface area contributed by atoms with Crippen LogP contribution in [-0.4, -0.2) is 17.4 Å². The molecule has 0 unspecified atom stereocenters. The number of rotatable bonds is 6. The van der Waals surface area contributed by atoms with E-state index in [1.807, 2.05) is 67.0 Å². The minimum atomic E-state index is 0.823. The second kappa shape index (κ2) is 8.86. The first-order valence-electron chi connectivity index (χ1n) is 9.01. The van der Waals surface area contributed by atoms with Gasteiger partial charge in [0.15, 0.2) is 0 Å². The molecule has 0 saturated heterocycles. The normalized spacial score (nSPS) is 11.5. The van der Waals surface area contributed by atoms with Crippen molar-refractivity contribution < 1.29 is 0 Å². The summed E-state index contributed by atoms with van der Waals surface area (Å²) in [5.41, 5.74) is 6.10. The predicted octanol–water partition coefficient (Wildman–Crippen LogP) is 5.71. The van der Waals surface area contributed by atoms with Gasteiger partial charge in [-0.2, -0.15) is 0 Å². The third-order valence-electron chi connectivity index (χ3n) is 4.21. The van der Waals surface area contributed by atoms with Crippen LogP contribution in [0.3, 0.4) is 0 Å². The van der Waals surface area contributed by atoms with E-state index in [4.69, 9.17) is 0 Å². The van der Waals surface area contributed by atoms with Gasteiger partial charge in [0.1, 0.15) is 0 Å². The van der Waals surface area contributed by atoms with E-state index in [1.165, 1.54) is 11.1 Å². The largest absolute Gasteiger partial charge is 0.254 e. The molecule has 0 N–H and O–H groups in total. The highest BCUT2D eigenvalue weighted by atomic mass is 14.8. The third kappa shape index (κ3) is 4.51. The number of pyridine rings is 1. The van der Waals surface area contributed by atoms with Crippen molar-refractivity contribution in [3.63, 3.8) is 0 Å². The van der Waals surface area contributed by atoms with Gasteiger partial charge in [-0.25, -0.2) is 4.98 Å². The molecule has 130 valence electrons. The van der Waals surface area contributed by atoms with Crippen molar-refractivity contribution in [1.82, 2.24) is 4.98 Å². The molecule has 0 aliphatic carbocycles. The Kier molecular flexibility index (Phi) is 6.05. The minimum absolute atomic E-state index is 0.823. The van der Waals surface area contributed by atoms with Crippen LogP contribution in [0.4, 0.5) is 11.4 Å². The van der Waals surface area contributed by atoms with E-state index in [1.54, 1.807) is 0 Å².